The average Bonchev–Trinajstić information content (AvgIpc) is 3.16. The largest absolute Gasteiger partial charge is 0.493 e. The van der Waals surface area contributed by atoms with E-state index < -0.39 is 6.09 Å². The SMILES string of the molecule is COc1ccc(CCCc2noc(C3CCCCN3C(=O)O)n2)cc1OC. The predicted octanol–water partition coefficient (Wildman–Crippen LogP) is 3.47. The van der Waals surface area contributed by atoms with Gasteiger partial charge in [-0.25, -0.2) is 4.79 Å². The van der Waals surface area contributed by atoms with Crippen LogP contribution in [0.25, 0.3) is 0 Å². The number of benzene rings is 1. The van der Waals surface area contributed by atoms with Crippen molar-refractivity contribution in [1.82, 2.24) is 15.0 Å². The number of hydrogen-bond acceptors (Lipinski definition) is 6. The number of rotatable bonds is 7. The van der Waals surface area contributed by atoms with Crippen LogP contribution in [0.4, 0.5) is 4.79 Å². The highest BCUT2D eigenvalue weighted by Gasteiger charge is 2.31. The minimum absolute atomic E-state index is 0.330. The monoisotopic (exact) mass is 375 g/mol. The van der Waals surface area contributed by atoms with Gasteiger partial charge in [-0.2, -0.15) is 4.98 Å². The molecule has 8 nitrogen and oxygen atoms in total. The van der Waals surface area contributed by atoms with Gasteiger partial charge in [-0.3, -0.25) is 4.90 Å². The van der Waals surface area contributed by atoms with E-state index in [2.05, 4.69) is 10.1 Å². The van der Waals surface area contributed by atoms with Crippen LogP contribution in [0.15, 0.2) is 22.7 Å². The van der Waals surface area contributed by atoms with Gasteiger partial charge in [-0.05, 0) is 49.8 Å². The quantitative estimate of drug-likeness (QED) is 0.791. The highest BCUT2D eigenvalue weighted by atomic mass is 16.5. The number of hydrogen-bond donors (Lipinski definition) is 1. The first kappa shape index (κ1) is 19.0. The Balaban J connectivity index is 1.57. The summed E-state index contributed by atoms with van der Waals surface area (Å²) in [6, 6.07) is 5.54. The Hall–Kier alpha value is -2.77. The molecule has 1 aromatic carbocycles. The molecule has 3 rings (SSSR count). The number of ether oxygens (including phenoxy) is 2. The highest BCUT2D eigenvalue weighted by molar-refractivity contribution is 5.65. The zero-order valence-corrected chi connectivity index (χ0v) is 15.7. The number of likely N-dealkylation sites (tertiary alicyclic amines) is 1. The lowest BCUT2D eigenvalue weighted by molar-refractivity contribution is 0.0932. The highest BCUT2D eigenvalue weighted by Crippen LogP contribution is 2.30. The Kier molecular flexibility index (Phi) is 6.16. The Labute approximate surface area is 158 Å². The van der Waals surface area contributed by atoms with Crippen LogP contribution in [0.2, 0.25) is 0 Å². The van der Waals surface area contributed by atoms with E-state index in [0.717, 1.165) is 37.7 Å². The molecule has 0 saturated carbocycles. The second-order valence-corrected chi connectivity index (χ2v) is 6.58. The Morgan fingerprint density at radius 3 is 2.81 bits per heavy atom. The zero-order chi connectivity index (χ0) is 19.2. The maximum absolute atomic E-state index is 11.4. The van der Waals surface area contributed by atoms with Crippen molar-refractivity contribution in [3.8, 4) is 11.5 Å². The van der Waals surface area contributed by atoms with Crippen LogP contribution < -0.4 is 9.47 Å². The number of nitrogens with zero attached hydrogens (tertiary/aromatic N) is 3. The molecule has 2 heterocycles. The molecule has 0 spiro atoms. The molecule has 1 aliphatic rings. The molecule has 1 amide bonds. The molecular weight excluding hydrogens is 350 g/mol. The Morgan fingerprint density at radius 2 is 2.07 bits per heavy atom. The van der Waals surface area contributed by atoms with Crippen LogP contribution in [-0.4, -0.2) is 47.0 Å². The standard InChI is InChI=1S/C19H25N3O5/c1-25-15-10-9-13(12-16(15)26-2)6-5-8-17-20-18(27-21-17)14-7-3-4-11-22(14)19(23)24/h9-10,12,14H,3-8,11H2,1-2H3,(H,23,24). The number of amides is 1. The van der Waals surface area contributed by atoms with Crippen LogP contribution in [-0.2, 0) is 12.8 Å². The first-order chi connectivity index (χ1) is 13.1. The topological polar surface area (TPSA) is 97.9 Å². The van der Waals surface area contributed by atoms with Gasteiger partial charge in [-0.1, -0.05) is 11.2 Å². The third kappa shape index (κ3) is 4.50. The van der Waals surface area contributed by atoms with Gasteiger partial charge in [0, 0.05) is 13.0 Å². The molecule has 0 aliphatic carbocycles. The summed E-state index contributed by atoms with van der Waals surface area (Å²) < 4.78 is 15.9. The molecule has 1 unspecified atom stereocenters. The molecule has 1 saturated heterocycles. The van der Waals surface area contributed by atoms with Crippen molar-refractivity contribution in [3.63, 3.8) is 0 Å². The van der Waals surface area contributed by atoms with Crippen molar-refractivity contribution in [1.29, 1.82) is 0 Å². The number of piperidine rings is 1. The van der Waals surface area contributed by atoms with Crippen molar-refractivity contribution in [2.45, 2.75) is 44.6 Å². The minimum Gasteiger partial charge on any atom is -0.493 e. The first-order valence-electron chi connectivity index (χ1n) is 9.15. The van der Waals surface area contributed by atoms with Crippen molar-refractivity contribution in [3.05, 3.63) is 35.5 Å². The zero-order valence-electron chi connectivity index (χ0n) is 15.7. The molecule has 27 heavy (non-hydrogen) atoms. The van der Waals surface area contributed by atoms with Gasteiger partial charge in [0.2, 0.25) is 5.89 Å². The van der Waals surface area contributed by atoms with Crippen molar-refractivity contribution < 1.29 is 23.9 Å². The summed E-state index contributed by atoms with van der Waals surface area (Å²) in [5, 5.41) is 13.4. The van der Waals surface area contributed by atoms with Gasteiger partial charge < -0.3 is 19.1 Å². The van der Waals surface area contributed by atoms with Crippen molar-refractivity contribution >= 4 is 6.09 Å². The number of methoxy groups -OCH3 is 2. The van der Waals surface area contributed by atoms with E-state index in [1.807, 2.05) is 18.2 Å². The average molecular weight is 375 g/mol. The van der Waals surface area contributed by atoms with E-state index in [0.29, 0.717) is 36.2 Å². The Morgan fingerprint density at radius 1 is 1.26 bits per heavy atom. The molecule has 0 radical (unpaired) electrons. The molecule has 146 valence electrons. The van der Waals surface area contributed by atoms with E-state index >= 15 is 0 Å². The first-order valence-corrected chi connectivity index (χ1v) is 9.15. The summed E-state index contributed by atoms with van der Waals surface area (Å²) in [5.74, 6) is 2.43. The molecule has 1 aromatic heterocycles. The van der Waals surface area contributed by atoms with Gasteiger partial charge in [-0.15, -0.1) is 0 Å². The molecule has 1 aliphatic heterocycles. The fraction of sp³-hybridized carbons (Fsp3) is 0.526. The second-order valence-electron chi connectivity index (χ2n) is 6.58. The lowest BCUT2D eigenvalue weighted by Gasteiger charge is -2.30. The van der Waals surface area contributed by atoms with Crippen LogP contribution in [0.3, 0.4) is 0 Å². The van der Waals surface area contributed by atoms with E-state index in [1.54, 1.807) is 14.2 Å². The molecule has 2 aromatic rings. The van der Waals surface area contributed by atoms with Crippen LogP contribution in [0.1, 0.15) is 49.0 Å². The summed E-state index contributed by atoms with van der Waals surface area (Å²) in [7, 11) is 3.23. The normalized spacial score (nSPS) is 17.0. The predicted molar refractivity (Wildman–Crippen MR) is 97.2 cm³/mol. The second kappa shape index (κ2) is 8.75. The van der Waals surface area contributed by atoms with Gasteiger partial charge in [0.1, 0.15) is 6.04 Å². The van der Waals surface area contributed by atoms with Gasteiger partial charge in [0.05, 0.1) is 14.2 Å². The summed E-state index contributed by atoms with van der Waals surface area (Å²) in [4.78, 5) is 17.2. The summed E-state index contributed by atoms with van der Waals surface area (Å²) in [5.41, 5.74) is 1.14. The third-order valence-corrected chi connectivity index (χ3v) is 4.83. The van der Waals surface area contributed by atoms with Gasteiger partial charge in [0.25, 0.3) is 0 Å². The number of aryl methyl sites for hydroxylation is 2. The van der Waals surface area contributed by atoms with Gasteiger partial charge >= 0.3 is 6.09 Å². The lowest BCUT2D eigenvalue weighted by Crippen LogP contribution is -2.37. The molecule has 1 N–H and O–H groups in total. The fourth-order valence-corrected chi connectivity index (χ4v) is 3.41. The minimum atomic E-state index is -0.937. The third-order valence-electron chi connectivity index (χ3n) is 4.83. The van der Waals surface area contributed by atoms with Crippen molar-refractivity contribution in [2.75, 3.05) is 20.8 Å². The Bertz CT molecular complexity index is 776. The molecule has 1 atom stereocenters. The van der Waals surface area contributed by atoms with E-state index in [4.69, 9.17) is 14.0 Å². The summed E-state index contributed by atoms with van der Waals surface area (Å²) in [6.45, 7) is 0.511. The summed E-state index contributed by atoms with van der Waals surface area (Å²) >= 11 is 0. The number of aromatic nitrogens is 2. The maximum Gasteiger partial charge on any atom is 0.407 e. The van der Waals surface area contributed by atoms with E-state index in [1.165, 1.54) is 4.90 Å². The van der Waals surface area contributed by atoms with E-state index in [9.17, 15) is 9.90 Å². The number of carboxylic acid groups (broad SMARTS) is 1. The van der Waals surface area contributed by atoms with E-state index in [-0.39, 0.29) is 6.04 Å². The maximum atomic E-state index is 11.4. The van der Waals surface area contributed by atoms with Crippen LogP contribution >= 0.6 is 0 Å². The molecular formula is C19H25N3O5. The van der Waals surface area contributed by atoms with Crippen LogP contribution in [0.5, 0.6) is 11.5 Å². The smallest absolute Gasteiger partial charge is 0.407 e. The number of carbonyl (C=O) groups is 1. The molecule has 0 bridgehead atoms. The lowest BCUT2D eigenvalue weighted by atomic mass is 10.0. The summed E-state index contributed by atoms with van der Waals surface area (Å²) in [6.07, 6.45) is 3.97. The van der Waals surface area contributed by atoms with Crippen LogP contribution in [0, 0.1) is 0 Å². The molecule has 8 heteroatoms. The fourth-order valence-electron chi connectivity index (χ4n) is 3.41. The molecule has 1 fully saturated rings. The van der Waals surface area contributed by atoms with Gasteiger partial charge in [0.15, 0.2) is 17.3 Å². The van der Waals surface area contributed by atoms with Crippen molar-refractivity contribution in [2.24, 2.45) is 0 Å².